The molecule has 0 bridgehead atoms. The van der Waals surface area contributed by atoms with Gasteiger partial charge in [-0.1, -0.05) is 18.2 Å². The van der Waals surface area contributed by atoms with Gasteiger partial charge in [0.05, 0.1) is 12.1 Å². The average molecular weight is 292 g/mol. The molecule has 1 aromatic rings. The summed E-state index contributed by atoms with van der Waals surface area (Å²) in [6.07, 6.45) is 1.89. The summed E-state index contributed by atoms with van der Waals surface area (Å²) in [5, 5.41) is 11.8. The minimum atomic E-state index is -1.06. The van der Waals surface area contributed by atoms with E-state index in [4.69, 9.17) is 9.84 Å². The Morgan fingerprint density at radius 3 is 2.71 bits per heavy atom. The number of ether oxygens (including phenoxy) is 1. The summed E-state index contributed by atoms with van der Waals surface area (Å²) >= 11 is 0. The first-order valence-electron chi connectivity index (χ1n) is 7.04. The van der Waals surface area contributed by atoms with E-state index in [1.54, 1.807) is 24.3 Å². The molecule has 1 heterocycles. The SMILES string of the molecule is CC(NC(=O)N(CC(=O)O)c1ccccc1)C1CCCO1. The van der Waals surface area contributed by atoms with E-state index in [2.05, 4.69) is 5.32 Å². The number of rotatable bonds is 5. The van der Waals surface area contributed by atoms with Crippen molar-refractivity contribution in [1.29, 1.82) is 0 Å². The molecule has 1 fully saturated rings. The molecule has 1 aliphatic heterocycles. The van der Waals surface area contributed by atoms with Gasteiger partial charge in [-0.05, 0) is 31.9 Å². The van der Waals surface area contributed by atoms with Gasteiger partial charge in [-0.2, -0.15) is 0 Å². The van der Waals surface area contributed by atoms with Crippen molar-refractivity contribution in [3.63, 3.8) is 0 Å². The summed E-state index contributed by atoms with van der Waals surface area (Å²) in [4.78, 5) is 24.5. The molecule has 1 aromatic carbocycles. The monoisotopic (exact) mass is 292 g/mol. The van der Waals surface area contributed by atoms with Crippen molar-refractivity contribution in [2.75, 3.05) is 18.1 Å². The van der Waals surface area contributed by atoms with E-state index in [9.17, 15) is 9.59 Å². The van der Waals surface area contributed by atoms with Crippen molar-refractivity contribution in [2.24, 2.45) is 0 Å². The first-order valence-corrected chi connectivity index (χ1v) is 7.04. The Morgan fingerprint density at radius 2 is 2.14 bits per heavy atom. The maximum Gasteiger partial charge on any atom is 0.323 e. The van der Waals surface area contributed by atoms with Crippen LogP contribution in [0.1, 0.15) is 19.8 Å². The fraction of sp³-hybridized carbons (Fsp3) is 0.467. The lowest BCUT2D eigenvalue weighted by atomic mass is 10.1. The minimum absolute atomic E-state index is 0.00333. The van der Waals surface area contributed by atoms with Crippen LogP contribution in [-0.4, -0.2) is 42.4 Å². The zero-order chi connectivity index (χ0) is 15.2. The second-order valence-electron chi connectivity index (χ2n) is 5.11. The van der Waals surface area contributed by atoms with Crippen LogP contribution in [0.25, 0.3) is 0 Å². The number of nitrogens with one attached hydrogen (secondary N) is 1. The number of amides is 2. The molecular weight excluding hydrogens is 272 g/mol. The van der Waals surface area contributed by atoms with Crippen molar-refractivity contribution >= 4 is 17.7 Å². The molecule has 0 aromatic heterocycles. The average Bonchev–Trinajstić information content (AvgIpc) is 2.99. The quantitative estimate of drug-likeness (QED) is 0.868. The van der Waals surface area contributed by atoms with Gasteiger partial charge >= 0.3 is 12.0 Å². The molecule has 2 amide bonds. The van der Waals surface area contributed by atoms with Crippen LogP contribution in [0.15, 0.2) is 30.3 Å². The van der Waals surface area contributed by atoms with Gasteiger partial charge in [-0.15, -0.1) is 0 Å². The second-order valence-corrected chi connectivity index (χ2v) is 5.11. The Balaban J connectivity index is 2.05. The molecular formula is C15H20N2O4. The number of benzene rings is 1. The largest absolute Gasteiger partial charge is 0.480 e. The molecule has 0 saturated carbocycles. The van der Waals surface area contributed by atoms with Crippen LogP contribution in [0.3, 0.4) is 0 Å². The number of hydrogen-bond donors (Lipinski definition) is 2. The zero-order valence-corrected chi connectivity index (χ0v) is 12.0. The fourth-order valence-electron chi connectivity index (χ4n) is 2.39. The summed E-state index contributed by atoms with van der Waals surface area (Å²) in [5.74, 6) is -1.06. The van der Waals surface area contributed by atoms with Crippen molar-refractivity contribution in [3.05, 3.63) is 30.3 Å². The number of hydrogen-bond acceptors (Lipinski definition) is 3. The van der Waals surface area contributed by atoms with Crippen molar-refractivity contribution < 1.29 is 19.4 Å². The van der Waals surface area contributed by atoms with Crippen LogP contribution in [0.5, 0.6) is 0 Å². The summed E-state index contributed by atoms with van der Waals surface area (Å²) in [6.45, 7) is 2.20. The van der Waals surface area contributed by atoms with Gasteiger partial charge in [0.15, 0.2) is 0 Å². The highest BCUT2D eigenvalue weighted by Gasteiger charge is 2.26. The number of anilines is 1. The van der Waals surface area contributed by atoms with Gasteiger partial charge in [0.25, 0.3) is 0 Å². The van der Waals surface area contributed by atoms with Crippen LogP contribution in [-0.2, 0) is 9.53 Å². The normalized spacial score (nSPS) is 19.0. The standard InChI is InChI=1S/C15H20N2O4/c1-11(13-8-5-9-21-13)16-15(20)17(10-14(18)19)12-6-3-2-4-7-12/h2-4,6-7,11,13H,5,8-10H2,1H3,(H,16,20)(H,18,19). The molecule has 0 spiro atoms. The summed E-state index contributed by atoms with van der Waals surface area (Å²) in [5.41, 5.74) is 0.553. The lowest BCUT2D eigenvalue weighted by Crippen LogP contribution is -2.49. The zero-order valence-electron chi connectivity index (χ0n) is 12.0. The number of carboxylic acid groups (broad SMARTS) is 1. The smallest absolute Gasteiger partial charge is 0.323 e. The minimum Gasteiger partial charge on any atom is -0.480 e. The molecule has 2 rings (SSSR count). The topological polar surface area (TPSA) is 78.9 Å². The maximum absolute atomic E-state index is 12.3. The molecule has 6 heteroatoms. The molecule has 1 aliphatic rings. The Hall–Kier alpha value is -2.08. The van der Waals surface area contributed by atoms with Gasteiger partial charge in [0, 0.05) is 12.3 Å². The van der Waals surface area contributed by atoms with Gasteiger partial charge in [-0.3, -0.25) is 9.69 Å². The van der Waals surface area contributed by atoms with Crippen molar-refractivity contribution in [3.8, 4) is 0 Å². The first-order chi connectivity index (χ1) is 10.1. The molecule has 21 heavy (non-hydrogen) atoms. The van der Waals surface area contributed by atoms with E-state index in [0.717, 1.165) is 12.8 Å². The van der Waals surface area contributed by atoms with Crippen LogP contribution in [0, 0.1) is 0 Å². The number of para-hydroxylation sites is 1. The van der Waals surface area contributed by atoms with Crippen LogP contribution in [0.4, 0.5) is 10.5 Å². The third kappa shape index (κ3) is 4.19. The lowest BCUT2D eigenvalue weighted by molar-refractivity contribution is -0.135. The van der Waals surface area contributed by atoms with E-state index in [1.807, 2.05) is 13.0 Å². The lowest BCUT2D eigenvalue weighted by Gasteiger charge is -2.26. The van der Waals surface area contributed by atoms with Crippen LogP contribution < -0.4 is 10.2 Å². The van der Waals surface area contributed by atoms with E-state index in [0.29, 0.717) is 12.3 Å². The van der Waals surface area contributed by atoms with E-state index >= 15 is 0 Å². The first kappa shape index (κ1) is 15.3. The van der Waals surface area contributed by atoms with Crippen LogP contribution in [0.2, 0.25) is 0 Å². The Bertz CT molecular complexity index is 486. The third-order valence-electron chi connectivity index (χ3n) is 3.48. The maximum atomic E-state index is 12.3. The molecule has 2 N–H and O–H groups in total. The van der Waals surface area contributed by atoms with Gasteiger partial charge in [-0.25, -0.2) is 4.79 Å². The number of nitrogens with zero attached hydrogens (tertiary/aromatic N) is 1. The summed E-state index contributed by atoms with van der Waals surface area (Å²) in [6, 6.07) is 8.18. The number of urea groups is 1. The Labute approximate surface area is 123 Å². The molecule has 2 atom stereocenters. The van der Waals surface area contributed by atoms with Crippen LogP contribution >= 0.6 is 0 Å². The van der Waals surface area contributed by atoms with Crippen molar-refractivity contribution in [1.82, 2.24) is 5.32 Å². The molecule has 2 unspecified atom stereocenters. The number of carboxylic acids is 1. The molecule has 1 saturated heterocycles. The predicted molar refractivity (Wildman–Crippen MR) is 78.4 cm³/mol. The number of carbonyl (C=O) groups is 2. The van der Waals surface area contributed by atoms with Crippen molar-refractivity contribution in [2.45, 2.75) is 31.9 Å². The third-order valence-corrected chi connectivity index (χ3v) is 3.48. The second kappa shape index (κ2) is 7.08. The number of carbonyl (C=O) groups excluding carboxylic acids is 1. The molecule has 0 aliphatic carbocycles. The Morgan fingerprint density at radius 1 is 1.43 bits per heavy atom. The molecule has 6 nitrogen and oxygen atoms in total. The predicted octanol–water partition coefficient (Wildman–Crippen LogP) is 1.85. The highest BCUT2D eigenvalue weighted by molar-refractivity contribution is 5.96. The summed E-state index contributed by atoms with van der Waals surface area (Å²) in [7, 11) is 0. The van der Waals surface area contributed by atoms with Gasteiger partial charge < -0.3 is 15.2 Å². The highest BCUT2D eigenvalue weighted by atomic mass is 16.5. The Kier molecular flexibility index (Phi) is 5.16. The van der Waals surface area contributed by atoms with E-state index in [1.165, 1.54) is 4.90 Å². The molecule has 0 radical (unpaired) electrons. The highest BCUT2D eigenvalue weighted by Crippen LogP contribution is 2.17. The van der Waals surface area contributed by atoms with Gasteiger partial charge in [0.2, 0.25) is 0 Å². The molecule has 114 valence electrons. The fourth-order valence-corrected chi connectivity index (χ4v) is 2.39. The number of aliphatic carboxylic acids is 1. The summed E-state index contributed by atoms with van der Waals surface area (Å²) < 4.78 is 5.53. The van der Waals surface area contributed by atoms with Gasteiger partial charge in [0.1, 0.15) is 6.54 Å². The van der Waals surface area contributed by atoms with E-state index in [-0.39, 0.29) is 18.7 Å². The van der Waals surface area contributed by atoms with E-state index < -0.39 is 12.0 Å².